The molecule has 0 aromatic rings. The van der Waals surface area contributed by atoms with Crippen molar-refractivity contribution in [2.75, 3.05) is 20.3 Å². The van der Waals surface area contributed by atoms with Crippen LogP contribution in [0, 0.1) is 0 Å². The Bertz CT molecular complexity index is 236. The van der Waals surface area contributed by atoms with E-state index < -0.39 is 0 Å². The van der Waals surface area contributed by atoms with Crippen molar-refractivity contribution < 1.29 is 9.47 Å². The molecule has 0 radical (unpaired) electrons. The Balaban J connectivity index is 2.73. The van der Waals surface area contributed by atoms with E-state index in [4.69, 9.17) is 9.47 Å². The summed E-state index contributed by atoms with van der Waals surface area (Å²) in [5.41, 5.74) is -0.238. The first-order chi connectivity index (χ1) is 7.61. The summed E-state index contributed by atoms with van der Waals surface area (Å²) in [5.74, 6) is 1.05. The highest BCUT2D eigenvalue weighted by Crippen LogP contribution is 2.24. The van der Waals surface area contributed by atoms with Crippen molar-refractivity contribution in [2.24, 2.45) is 0 Å². The molecule has 1 aliphatic heterocycles. The lowest BCUT2D eigenvalue weighted by molar-refractivity contribution is -0.0183. The number of hydrogen-bond donors (Lipinski definition) is 1. The van der Waals surface area contributed by atoms with Crippen LogP contribution < -0.4 is 5.32 Å². The molecule has 1 aliphatic rings. The van der Waals surface area contributed by atoms with Crippen molar-refractivity contribution in [2.45, 2.75) is 51.7 Å². The second-order valence-corrected chi connectivity index (χ2v) is 4.79. The van der Waals surface area contributed by atoms with Gasteiger partial charge in [-0.25, -0.2) is 0 Å². The third-order valence-corrected chi connectivity index (χ3v) is 3.07. The van der Waals surface area contributed by atoms with E-state index in [2.05, 4.69) is 32.2 Å². The summed E-state index contributed by atoms with van der Waals surface area (Å²) in [6.45, 7) is 8.17. The van der Waals surface area contributed by atoms with Gasteiger partial charge in [-0.3, -0.25) is 0 Å². The van der Waals surface area contributed by atoms with Gasteiger partial charge in [-0.1, -0.05) is 6.92 Å². The minimum atomic E-state index is -0.238. The Labute approximate surface area is 99.2 Å². The molecule has 0 spiro atoms. The molecule has 0 aromatic heterocycles. The van der Waals surface area contributed by atoms with Crippen LogP contribution in [0.25, 0.3) is 0 Å². The van der Waals surface area contributed by atoms with Crippen LogP contribution in [0.15, 0.2) is 11.8 Å². The van der Waals surface area contributed by atoms with E-state index >= 15 is 0 Å². The number of methoxy groups -OCH3 is 1. The SMILES string of the molecule is CCCNC(C1=CCCCO1)C(C)(C)OC. The summed E-state index contributed by atoms with van der Waals surface area (Å²) < 4.78 is 11.3. The van der Waals surface area contributed by atoms with Crippen LogP contribution in [0.2, 0.25) is 0 Å². The van der Waals surface area contributed by atoms with Crippen molar-refractivity contribution in [3.05, 3.63) is 11.8 Å². The predicted molar refractivity (Wildman–Crippen MR) is 66.4 cm³/mol. The third-order valence-electron chi connectivity index (χ3n) is 3.07. The molecule has 0 saturated carbocycles. The molecule has 0 saturated heterocycles. The molecule has 1 atom stereocenters. The van der Waals surface area contributed by atoms with Gasteiger partial charge in [0.25, 0.3) is 0 Å². The minimum absolute atomic E-state index is 0.151. The van der Waals surface area contributed by atoms with Crippen molar-refractivity contribution in [3.8, 4) is 0 Å². The molecule has 0 fully saturated rings. The lowest BCUT2D eigenvalue weighted by Crippen LogP contribution is -2.50. The molecule has 1 heterocycles. The first-order valence-electron chi connectivity index (χ1n) is 6.23. The summed E-state index contributed by atoms with van der Waals surface area (Å²) in [6.07, 6.45) is 5.54. The Kier molecular flexibility index (Phi) is 5.29. The summed E-state index contributed by atoms with van der Waals surface area (Å²) in [7, 11) is 1.75. The zero-order valence-electron chi connectivity index (χ0n) is 11.0. The number of allylic oxidation sites excluding steroid dienone is 1. The van der Waals surface area contributed by atoms with E-state index in [1.54, 1.807) is 7.11 Å². The van der Waals surface area contributed by atoms with Crippen LogP contribution in [0.5, 0.6) is 0 Å². The monoisotopic (exact) mass is 227 g/mol. The number of rotatable bonds is 6. The van der Waals surface area contributed by atoms with Gasteiger partial charge in [-0.05, 0) is 45.7 Å². The Hall–Kier alpha value is -0.540. The van der Waals surface area contributed by atoms with Crippen molar-refractivity contribution >= 4 is 0 Å². The van der Waals surface area contributed by atoms with E-state index in [0.29, 0.717) is 0 Å². The number of nitrogens with one attached hydrogen (secondary N) is 1. The second-order valence-electron chi connectivity index (χ2n) is 4.79. The third kappa shape index (κ3) is 3.49. The molecule has 0 aliphatic carbocycles. The van der Waals surface area contributed by atoms with E-state index in [9.17, 15) is 0 Å². The van der Waals surface area contributed by atoms with Gasteiger partial charge >= 0.3 is 0 Å². The molecule has 3 nitrogen and oxygen atoms in total. The molecular formula is C13H25NO2. The zero-order chi connectivity index (χ0) is 12.0. The van der Waals surface area contributed by atoms with E-state index in [1.807, 2.05) is 0 Å². The van der Waals surface area contributed by atoms with Crippen LogP contribution >= 0.6 is 0 Å². The topological polar surface area (TPSA) is 30.5 Å². The molecule has 3 heteroatoms. The van der Waals surface area contributed by atoms with Crippen LogP contribution in [0.4, 0.5) is 0 Å². The largest absolute Gasteiger partial charge is 0.496 e. The summed E-state index contributed by atoms with van der Waals surface area (Å²) in [6, 6.07) is 0.151. The van der Waals surface area contributed by atoms with Gasteiger partial charge in [0.2, 0.25) is 0 Å². The quantitative estimate of drug-likeness (QED) is 0.756. The number of hydrogen-bond acceptors (Lipinski definition) is 3. The highest BCUT2D eigenvalue weighted by molar-refractivity contribution is 5.11. The second kappa shape index (κ2) is 6.26. The fraction of sp³-hybridized carbons (Fsp3) is 0.846. The van der Waals surface area contributed by atoms with Crippen LogP contribution in [-0.4, -0.2) is 31.9 Å². The van der Waals surface area contributed by atoms with Gasteiger partial charge in [0.05, 0.1) is 18.2 Å². The lowest BCUT2D eigenvalue weighted by Gasteiger charge is -2.36. The summed E-state index contributed by atoms with van der Waals surface area (Å²) in [5, 5.41) is 3.51. The maximum Gasteiger partial charge on any atom is 0.112 e. The van der Waals surface area contributed by atoms with Crippen molar-refractivity contribution in [1.82, 2.24) is 5.32 Å². The maximum absolute atomic E-state index is 5.74. The fourth-order valence-corrected chi connectivity index (χ4v) is 1.87. The molecule has 94 valence electrons. The smallest absolute Gasteiger partial charge is 0.112 e. The van der Waals surface area contributed by atoms with Gasteiger partial charge in [0.1, 0.15) is 5.76 Å². The molecule has 0 bridgehead atoms. The van der Waals surface area contributed by atoms with E-state index in [-0.39, 0.29) is 11.6 Å². The normalized spacial score (nSPS) is 18.9. The fourth-order valence-electron chi connectivity index (χ4n) is 1.87. The number of ether oxygens (including phenoxy) is 2. The highest BCUT2D eigenvalue weighted by atomic mass is 16.5. The summed E-state index contributed by atoms with van der Waals surface area (Å²) in [4.78, 5) is 0. The first kappa shape index (κ1) is 13.5. The highest BCUT2D eigenvalue weighted by Gasteiger charge is 2.33. The minimum Gasteiger partial charge on any atom is -0.496 e. The van der Waals surface area contributed by atoms with E-state index in [0.717, 1.165) is 38.2 Å². The van der Waals surface area contributed by atoms with Gasteiger partial charge in [0, 0.05) is 7.11 Å². The van der Waals surface area contributed by atoms with Crippen LogP contribution in [-0.2, 0) is 9.47 Å². The van der Waals surface area contributed by atoms with Gasteiger partial charge in [0.15, 0.2) is 0 Å². The van der Waals surface area contributed by atoms with Crippen molar-refractivity contribution in [1.29, 1.82) is 0 Å². The van der Waals surface area contributed by atoms with Gasteiger partial charge in [-0.2, -0.15) is 0 Å². The zero-order valence-corrected chi connectivity index (χ0v) is 11.0. The molecule has 0 amide bonds. The van der Waals surface area contributed by atoms with Gasteiger partial charge in [-0.15, -0.1) is 0 Å². The average Bonchev–Trinajstić information content (AvgIpc) is 2.31. The molecule has 16 heavy (non-hydrogen) atoms. The molecular weight excluding hydrogens is 202 g/mol. The van der Waals surface area contributed by atoms with Crippen molar-refractivity contribution in [3.63, 3.8) is 0 Å². The molecule has 1 unspecified atom stereocenters. The molecule has 0 aromatic carbocycles. The first-order valence-corrected chi connectivity index (χ1v) is 6.23. The Morgan fingerprint density at radius 3 is 2.81 bits per heavy atom. The standard InChI is InChI=1S/C13H25NO2/c1-5-9-14-12(13(2,3)15-4)11-8-6-7-10-16-11/h8,12,14H,5-7,9-10H2,1-4H3. The maximum atomic E-state index is 5.74. The van der Waals surface area contributed by atoms with Crippen LogP contribution in [0.1, 0.15) is 40.0 Å². The average molecular weight is 227 g/mol. The Morgan fingerprint density at radius 2 is 2.31 bits per heavy atom. The van der Waals surface area contributed by atoms with Crippen LogP contribution in [0.3, 0.4) is 0 Å². The molecule has 1 N–H and O–H groups in total. The lowest BCUT2D eigenvalue weighted by atomic mass is 9.95. The molecule has 1 rings (SSSR count). The predicted octanol–water partition coefficient (Wildman–Crippen LogP) is 2.47. The Morgan fingerprint density at radius 1 is 1.56 bits per heavy atom. The summed E-state index contributed by atoms with van der Waals surface area (Å²) >= 11 is 0. The van der Waals surface area contributed by atoms with Gasteiger partial charge < -0.3 is 14.8 Å². The van der Waals surface area contributed by atoms with E-state index in [1.165, 1.54) is 0 Å².